The molecule has 22 heavy (non-hydrogen) atoms. The topological polar surface area (TPSA) is 20.2 Å². The zero-order valence-corrected chi connectivity index (χ0v) is 10.8. The Morgan fingerprint density at radius 3 is 1.95 bits per heavy atom. The molecule has 0 saturated carbocycles. The van der Waals surface area contributed by atoms with Gasteiger partial charge in [0.2, 0.25) is 5.60 Å². The summed E-state index contributed by atoms with van der Waals surface area (Å²) >= 11 is 0. The number of hydrogen-bond acceptors (Lipinski definition) is 1. The molecule has 1 aliphatic rings. The molecule has 0 aliphatic heterocycles. The molecule has 0 fully saturated rings. The van der Waals surface area contributed by atoms with E-state index in [1.54, 1.807) is 0 Å². The maximum absolute atomic E-state index is 13.4. The average molecular weight is 318 g/mol. The van der Waals surface area contributed by atoms with Gasteiger partial charge in [0.1, 0.15) is 0 Å². The third-order valence-corrected chi connectivity index (χ3v) is 3.76. The van der Waals surface area contributed by atoms with Crippen molar-refractivity contribution >= 4 is 0 Å². The first-order valence-electron chi connectivity index (χ1n) is 6.18. The summed E-state index contributed by atoms with van der Waals surface area (Å²) in [5, 5.41) is 10.2. The van der Waals surface area contributed by atoms with Gasteiger partial charge in [-0.3, -0.25) is 0 Å². The zero-order chi connectivity index (χ0) is 16.3. The first kappa shape index (κ1) is 14.9. The monoisotopic (exact) mass is 318 g/mol. The van der Waals surface area contributed by atoms with Gasteiger partial charge in [0.15, 0.2) is 0 Å². The molecule has 1 atom stereocenters. The Bertz CT molecular complexity index is 746. The third-order valence-electron chi connectivity index (χ3n) is 3.76. The lowest BCUT2D eigenvalue weighted by Gasteiger charge is -2.28. The van der Waals surface area contributed by atoms with E-state index >= 15 is 0 Å². The molecule has 7 heteroatoms. The molecule has 1 aliphatic carbocycles. The summed E-state index contributed by atoms with van der Waals surface area (Å²) in [4.78, 5) is 0. The smallest absolute Gasteiger partial charge is 0.372 e. The second-order valence-electron chi connectivity index (χ2n) is 4.98. The molecule has 0 spiro atoms. The fourth-order valence-electron chi connectivity index (χ4n) is 2.85. The van der Waals surface area contributed by atoms with E-state index in [1.165, 1.54) is 12.1 Å². The lowest BCUT2D eigenvalue weighted by molar-refractivity contribution is -0.246. The van der Waals surface area contributed by atoms with Gasteiger partial charge in [-0.2, -0.15) is 26.3 Å². The molecular formula is C15H8F6O. The van der Waals surface area contributed by atoms with Crippen LogP contribution in [-0.4, -0.2) is 11.3 Å². The van der Waals surface area contributed by atoms with Gasteiger partial charge in [-0.15, -0.1) is 0 Å². The van der Waals surface area contributed by atoms with E-state index in [2.05, 4.69) is 0 Å². The Morgan fingerprint density at radius 1 is 0.773 bits per heavy atom. The molecule has 0 radical (unpaired) electrons. The highest BCUT2D eigenvalue weighted by atomic mass is 19.4. The molecule has 0 heterocycles. The van der Waals surface area contributed by atoms with Crippen LogP contribution in [0.5, 0.6) is 0 Å². The van der Waals surface area contributed by atoms with Crippen LogP contribution in [0.4, 0.5) is 26.3 Å². The molecule has 2 aromatic carbocycles. The number of rotatable bonds is 0. The number of fused-ring (bicyclic) bond motifs is 3. The summed E-state index contributed by atoms with van der Waals surface area (Å²) in [6.07, 6.45) is -9.96. The third kappa shape index (κ3) is 1.78. The standard InChI is InChI=1S/C15H8F6O/c16-14(17,18)11-7-3-6-10-12(11)8-4-1-2-5-9(8)13(10,22)15(19,20)21/h1-7,22H. The van der Waals surface area contributed by atoms with E-state index in [1.807, 2.05) is 0 Å². The van der Waals surface area contributed by atoms with Crippen LogP contribution < -0.4 is 0 Å². The van der Waals surface area contributed by atoms with Gasteiger partial charge in [0.05, 0.1) is 5.56 Å². The van der Waals surface area contributed by atoms with Crippen molar-refractivity contribution in [3.05, 3.63) is 59.2 Å². The number of halogens is 6. The predicted molar refractivity (Wildman–Crippen MR) is 65.9 cm³/mol. The van der Waals surface area contributed by atoms with E-state index in [-0.39, 0.29) is 5.56 Å². The Labute approximate surface area is 120 Å². The number of hydrogen-bond donors (Lipinski definition) is 1. The minimum Gasteiger partial charge on any atom is -0.372 e. The summed E-state index contributed by atoms with van der Waals surface area (Å²) in [6, 6.07) is 7.16. The van der Waals surface area contributed by atoms with E-state index < -0.39 is 40.2 Å². The highest BCUT2D eigenvalue weighted by molar-refractivity contribution is 5.83. The van der Waals surface area contributed by atoms with E-state index in [9.17, 15) is 31.4 Å². The van der Waals surface area contributed by atoms with Crippen LogP contribution in [0.2, 0.25) is 0 Å². The normalized spacial score (nSPS) is 20.7. The largest absolute Gasteiger partial charge is 0.425 e. The number of benzene rings is 2. The van der Waals surface area contributed by atoms with Crippen LogP contribution in [0.3, 0.4) is 0 Å². The van der Waals surface area contributed by atoms with Gasteiger partial charge >= 0.3 is 12.4 Å². The van der Waals surface area contributed by atoms with Crippen molar-refractivity contribution in [2.75, 3.05) is 0 Å². The summed E-state index contributed by atoms with van der Waals surface area (Å²) < 4.78 is 79.6. The van der Waals surface area contributed by atoms with Gasteiger partial charge in [-0.1, -0.05) is 36.4 Å². The molecule has 3 rings (SSSR count). The zero-order valence-electron chi connectivity index (χ0n) is 10.8. The lowest BCUT2D eigenvalue weighted by atomic mass is 9.90. The SMILES string of the molecule is OC1(C(F)(F)F)c2ccccc2-c2c(C(F)(F)F)cccc21. The van der Waals surface area contributed by atoms with Gasteiger partial charge in [-0.05, 0) is 11.6 Å². The molecule has 0 bridgehead atoms. The summed E-state index contributed by atoms with van der Waals surface area (Å²) in [6.45, 7) is 0. The van der Waals surface area contributed by atoms with E-state index in [4.69, 9.17) is 0 Å². The van der Waals surface area contributed by atoms with E-state index in [0.717, 1.165) is 24.3 Å². The molecular weight excluding hydrogens is 310 g/mol. The second-order valence-corrected chi connectivity index (χ2v) is 4.98. The van der Waals surface area contributed by atoms with Crippen LogP contribution in [0.25, 0.3) is 11.1 Å². The maximum Gasteiger partial charge on any atom is 0.425 e. The van der Waals surface area contributed by atoms with Crippen molar-refractivity contribution in [2.45, 2.75) is 18.0 Å². The fourth-order valence-corrected chi connectivity index (χ4v) is 2.85. The molecule has 0 aromatic heterocycles. The molecule has 0 amide bonds. The van der Waals surface area contributed by atoms with Crippen LogP contribution >= 0.6 is 0 Å². The maximum atomic E-state index is 13.4. The lowest BCUT2D eigenvalue weighted by Crippen LogP contribution is -2.41. The average Bonchev–Trinajstić information content (AvgIpc) is 2.69. The van der Waals surface area contributed by atoms with Gasteiger partial charge in [0, 0.05) is 16.7 Å². The Morgan fingerprint density at radius 2 is 1.36 bits per heavy atom. The molecule has 2 aromatic rings. The minimum absolute atomic E-state index is 0.259. The van der Waals surface area contributed by atoms with Crippen molar-refractivity contribution in [3.8, 4) is 11.1 Å². The Balaban J connectivity index is 2.45. The predicted octanol–water partition coefficient (Wildman–Crippen LogP) is 4.48. The molecule has 1 unspecified atom stereocenters. The van der Waals surface area contributed by atoms with E-state index in [0.29, 0.717) is 6.07 Å². The summed E-state index contributed by atoms with van der Waals surface area (Å²) in [5.74, 6) is 0. The quantitative estimate of drug-likeness (QED) is 0.710. The van der Waals surface area contributed by atoms with Gasteiger partial charge < -0.3 is 5.11 Å². The van der Waals surface area contributed by atoms with Crippen molar-refractivity contribution in [1.29, 1.82) is 0 Å². The molecule has 1 N–H and O–H groups in total. The first-order valence-corrected chi connectivity index (χ1v) is 6.18. The van der Waals surface area contributed by atoms with Gasteiger partial charge in [-0.25, -0.2) is 0 Å². The van der Waals surface area contributed by atoms with Crippen LogP contribution in [-0.2, 0) is 11.8 Å². The van der Waals surface area contributed by atoms with Crippen LogP contribution in [0.1, 0.15) is 16.7 Å². The highest BCUT2D eigenvalue weighted by Crippen LogP contribution is 2.57. The van der Waals surface area contributed by atoms with Gasteiger partial charge in [0.25, 0.3) is 0 Å². The summed E-state index contributed by atoms with van der Waals surface area (Å²) in [7, 11) is 0. The Hall–Kier alpha value is -2.02. The van der Waals surface area contributed by atoms with Crippen molar-refractivity contribution in [2.24, 2.45) is 0 Å². The molecule has 116 valence electrons. The number of aliphatic hydroxyl groups is 1. The number of alkyl halides is 6. The Kier molecular flexibility index (Phi) is 2.88. The van der Waals surface area contributed by atoms with Crippen molar-refractivity contribution in [3.63, 3.8) is 0 Å². The van der Waals surface area contributed by atoms with Crippen molar-refractivity contribution in [1.82, 2.24) is 0 Å². The minimum atomic E-state index is -5.14. The fraction of sp³-hybridized carbons (Fsp3) is 0.200. The van der Waals surface area contributed by atoms with Crippen LogP contribution in [0.15, 0.2) is 42.5 Å². The highest BCUT2D eigenvalue weighted by Gasteiger charge is 2.61. The second kappa shape index (κ2) is 4.25. The molecule has 1 nitrogen and oxygen atoms in total. The molecule has 0 saturated heterocycles. The first-order chi connectivity index (χ1) is 10.1. The summed E-state index contributed by atoms with van der Waals surface area (Å²) in [5.41, 5.74) is -6.90. The van der Waals surface area contributed by atoms with Crippen LogP contribution in [0, 0.1) is 0 Å². The van der Waals surface area contributed by atoms with Crippen molar-refractivity contribution < 1.29 is 31.4 Å².